The van der Waals surface area contributed by atoms with Gasteiger partial charge in [0.1, 0.15) is 5.82 Å². The van der Waals surface area contributed by atoms with E-state index >= 15 is 0 Å². The van der Waals surface area contributed by atoms with Crippen LogP contribution in [0.5, 0.6) is 0 Å². The number of rotatable bonds is 5. The molecule has 7 heteroatoms. The Labute approximate surface area is 174 Å². The van der Waals surface area contributed by atoms with Crippen LogP contribution in [0.2, 0.25) is 0 Å². The van der Waals surface area contributed by atoms with E-state index in [-0.39, 0.29) is 5.97 Å². The van der Waals surface area contributed by atoms with E-state index in [1.165, 1.54) is 0 Å². The lowest BCUT2D eigenvalue weighted by Gasteiger charge is -2.22. The Bertz CT molecular complexity index is 943. The molecule has 3 aromatic rings. The number of benzene rings is 1. The van der Waals surface area contributed by atoms with E-state index in [1.54, 1.807) is 30.5 Å². The van der Waals surface area contributed by atoms with Crippen LogP contribution in [0.4, 0.5) is 10.9 Å². The molecular weight excluding hydrogens is 384 g/mol. The molecular formula is C22H24N4O2S. The van der Waals surface area contributed by atoms with Gasteiger partial charge in [0.2, 0.25) is 0 Å². The highest BCUT2D eigenvalue weighted by atomic mass is 32.1. The summed E-state index contributed by atoms with van der Waals surface area (Å²) in [6.45, 7) is 5.83. The molecule has 2 aromatic heterocycles. The van der Waals surface area contributed by atoms with Crippen molar-refractivity contribution < 1.29 is 9.53 Å². The average molecular weight is 409 g/mol. The summed E-state index contributed by atoms with van der Waals surface area (Å²) in [6.07, 6.45) is 2.63. The molecule has 0 unspecified atom stereocenters. The molecule has 150 valence electrons. The quantitative estimate of drug-likeness (QED) is 0.593. The summed E-state index contributed by atoms with van der Waals surface area (Å²) in [7, 11) is 0. The van der Waals surface area contributed by atoms with E-state index in [4.69, 9.17) is 9.72 Å². The van der Waals surface area contributed by atoms with E-state index in [0.717, 1.165) is 54.8 Å². The zero-order chi connectivity index (χ0) is 20.1. The summed E-state index contributed by atoms with van der Waals surface area (Å²) in [5.41, 5.74) is 2.67. The molecule has 6 nitrogen and oxygen atoms in total. The maximum absolute atomic E-state index is 11.8. The Hall–Kier alpha value is -2.93. The molecule has 4 rings (SSSR count). The third-order valence-corrected chi connectivity index (χ3v) is 5.81. The third-order valence-electron chi connectivity index (χ3n) is 4.91. The molecule has 1 aliphatic rings. The Balaban J connectivity index is 1.41. The standard InChI is InChI=1S/C22H24N4O2S/c1-2-28-21(27)18-9-10-20(23-15-18)25-11-6-12-26(14-13-25)22-24-19(16-29-22)17-7-4-3-5-8-17/h3-5,7-10,15-16H,2,6,11-14H2,1H3. The molecule has 29 heavy (non-hydrogen) atoms. The predicted octanol–water partition coefficient (Wildman–Crippen LogP) is 4.10. The first-order chi connectivity index (χ1) is 14.2. The Morgan fingerprint density at radius 3 is 2.62 bits per heavy atom. The highest BCUT2D eigenvalue weighted by Crippen LogP contribution is 2.28. The molecule has 0 aliphatic carbocycles. The van der Waals surface area contributed by atoms with Gasteiger partial charge in [0.15, 0.2) is 5.13 Å². The van der Waals surface area contributed by atoms with Crippen LogP contribution >= 0.6 is 11.3 Å². The van der Waals surface area contributed by atoms with Crippen LogP contribution in [0, 0.1) is 0 Å². The van der Waals surface area contributed by atoms with Crippen molar-refractivity contribution in [1.29, 1.82) is 0 Å². The average Bonchev–Trinajstić information content (AvgIpc) is 3.13. The smallest absolute Gasteiger partial charge is 0.339 e. The van der Waals surface area contributed by atoms with Crippen molar-refractivity contribution in [3.63, 3.8) is 0 Å². The van der Waals surface area contributed by atoms with Gasteiger partial charge in [-0.05, 0) is 25.5 Å². The van der Waals surface area contributed by atoms with Crippen LogP contribution < -0.4 is 9.80 Å². The molecule has 1 fully saturated rings. The van der Waals surface area contributed by atoms with Crippen molar-refractivity contribution in [2.45, 2.75) is 13.3 Å². The van der Waals surface area contributed by atoms with Gasteiger partial charge >= 0.3 is 5.97 Å². The fourth-order valence-electron chi connectivity index (χ4n) is 3.40. The number of anilines is 2. The van der Waals surface area contributed by atoms with Gasteiger partial charge in [-0.1, -0.05) is 30.3 Å². The van der Waals surface area contributed by atoms with Crippen molar-refractivity contribution >= 4 is 28.3 Å². The first kappa shape index (κ1) is 19.4. The van der Waals surface area contributed by atoms with Gasteiger partial charge < -0.3 is 14.5 Å². The summed E-state index contributed by atoms with van der Waals surface area (Å²) >= 11 is 1.70. The Kier molecular flexibility index (Phi) is 6.05. The van der Waals surface area contributed by atoms with Gasteiger partial charge in [0.25, 0.3) is 0 Å². The normalized spacial score (nSPS) is 14.5. The van der Waals surface area contributed by atoms with Crippen LogP contribution in [0.15, 0.2) is 54.0 Å². The van der Waals surface area contributed by atoms with Crippen molar-refractivity contribution in [3.05, 3.63) is 59.6 Å². The number of hydrogen-bond acceptors (Lipinski definition) is 7. The van der Waals surface area contributed by atoms with Crippen LogP contribution in [-0.2, 0) is 4.74 Å². The summed E-state index contributed by atoms with van der Waals surface area (Å²) in [6, 6.07) is 14.0. The minimum absolute atomic E-state index is 0.327. The predicted molar refractivity (Wildman–Crippen MR) is 117 cm³/mol. The molecule has 0 N–H and O–H groups in total. The number of ether oxygens (including phenoxy) is 1. The number of carbonyl (C=O) groups excluding carboxylic acids is 1. The second kappa shape index (κ2) is 9.05. The number of nitrogens with zero attached hydrogens (tertiary/aromatic N) is 4. The van der Waals surface area contributed by atoms with E-state index in [0.29, 0.717) is 12.2 Å². The Morgan fingerprint density at radius 1 is 1.07 bits per heavy atom. The molecule has 0 amide bonds. The van der Waals surface area contributed by atoms with E-state index in [1.807, 2.05) is 24.3 Å². The molecule has 1 saturated heterocycles. The fourth-order valence-corrected chi connectivity index (χ4v) is 4.29. The lowest BCUT2D eigenvalue weighted by molar-refractivity contribution is 0.0526. The number of hydrogen-bond donors (Lipinski definition) is 0. The maximum atomic E-state index is 11.8. The summed E-state index contributed by atoms with van der Waals surface area (Å²) in [5, 5.41) is 3.19. The molecule has 0 atom stereocenters. The summed E-state index contributed by atoms with van der Waals surface area (Å²) in [4.78, 5) is 25.8. The molecule has 0 saturated carbocycles. The van der Waals surface area contributed by atoms with E-state index < -0.39 is 0 Å². The number of pyridine rings is 1. The van der Waals surface area contributed by atoms with Crippen LogP contribution in [0.3, 0.4) is 0 Å². The maximum Gasteiger partial charge on any atom is 0.339 e. The minimum atomic E-state index is -0.327. The minimum Gasteiger partial charge on any atom is -0.462 e. The molecule has 1 aromatic carbocycles. The van der Waals surface area contributed by atoms with Crippen molar-refractivity contribution in [1.82, 2.24) is 9.97 Å². The van der Waals surface area contributed by atoms with E-state index in [2.05, 4.69) is 32.3 Å². The highest BCUT2D eigenvalue weighted by molar-refractivity contribution is 7.14. The Morgan fingerprint density at radius 2 is 1.86 bits per heavy atom. The number of thiazole rings is 1. The molecule has 0 spiro atoms. The van der Waals surface area contributed by atoms with Crippen LogP contribution in [-0.4, -0.2) is 48.7 Å². The van der Waals surface area contributed by atoms with Gasteiger partial charge in [-0.3, -0.25) is 0 Å². The SMILES string of the molecule is CCOC(=O)c1ccc(N2CCCN(c3nc(-c4ccccc4)cs3)CC2)nc1. The number of esters is 1. The molecule has 0 radical (unpaired) electrons. The van der Waals surface area contributed by atoms with Gasteiger partial charge in [0.05, 0.1) is 17.9 Å². The largest absolute Gasteiger partial charge is 0.462 e. The summed E-state index contributed by atoms with van der Waals surface area (Å²) in [5.74, 6) is 0.565. The fraction of sp³-hybridized carbons (Fsp3) is 0.318. The topological polar surface area (TPSA) is 58.6 Å². The summed E-state index contributed by atoms with van der Waals surface area (Å²) < 4.78 is 5.03. The third kappa shape index (κ3) is 4.56. The van der Waals surface area contributed by atoms with Crippen LogP contribution in [0.25, 0.3) is 11.3 Å². The van der Waals surface area contributed by atoms with Gasteiger partial charge in [-0.15, -0.1) is 11.3 Å². The lowest BCUT2D eigenvalue weighted by Crippen LogP contribution is -2.31. The van der Waals surface area contributed by atoms with Crippen molar-refractivity contribution in [2.75, 3.05) is 42.6 Å². The van der Waals surface area contributed by atoms with Gasteiger partial charge in [0, 0.05) is 43.3 Å². The van der Waals surface area contributed by atoms with Crippen molar-refractivity contribution in [3.8, 4) is 11.3 Å². The molecule has 1 aliphatic heterocycles. The van der Waals surface area contributed by atoms with Crippen molar-refractivity contribution in [2.24, 2.45) is 0 Å². The second-order valence-electron chi connectivity index (χ2n) is 6.83. The molecule has 0 bridgehead atoms. The monoisotopic (exact) mass is 408 g/mol. The van der Waals surface area contributed by atoms with Gasteiger partial charge in [-0.25, -0.2) is 14.8 Å². The van der Waals surface area contributed by atoms with Crippen LogP contribution in [0.1, 0.15) is 23.7 Å². The first-order valence-corrected chi connectivity index (χ1v) is 10.8. The first-order valence-electron chi connectivity index (χ1n) is 9.88. The van der Waals surface area contributed by atoms with E-state index in [9.17, 15) is 4.79 Å². The highest BCUT2D eigenvalue weighted by Gasteiger charge is 2.19. The lowest BCUT2D eigenvalue weighted by atomic mass is 10.2. The van der Waals surface area contributed by atoms with Gasteiger partial charge in [-0.2, -0.15) is 0 Å². The zero-order valence-electron chi connectivity index (χ0n) is 16.5. The molecule has 3 heterocycles. The second-order valence-corrected chi connectivity index (χ2v) is 7.67. The number of aromatic nitrogens is 2. The zero-order valence-corrected chi connectivity index (χ0v) is 17.3. The number of carbonyl (C=O) groups is 1.